The summed E-state index contributed by atoms with van der Waals surface area (Å²) < 4.78 is 1.05. The van der Waals surface area contributed by atoms with Crippen molar-refractivity contribution in [1.82, 2.24) is 10.2 Å². The number of rotatable bonds is 5. The molecule has 1 saturated carbocycles. The maximum Gasteiger partial charge on any atom is 0.0462 e. The third-order valence-electron chi connectivity index (χ3n) is 4.39. The van der Waals surface area contributed by atoms with Crippen LogP contribution < -0.4 is 5.32 Å². The van der Waals surface area contributed by atoms with Crippen molar-refractivity contribution in [3.8, 4) is 0 Å². The van der Waals surface area contributed by atoms with E-state index in [9.17, 15) is 0 Å². The van der Waals surface area contributed by atoms with Crippen LogP contribution in [0.25, 0.3) is 0 Å². The zero-order valence-corrected chi connectivity index (χ0v) is 14.1. The molecule has 2 fully saturated rings. The van der Waals surface area contributed by atoms with Gasteiger partial charge in [-0.1, -0.05) is 33.6 Å². The zero-order chi connectivity index (χ0) is 13.9. The molecule has 0 amide bonds. The molecule has 2 aliphatic rings. The summed E-state index contributed by atoms with van der Waals surface area (Å²) in [5.74, 6) is 0.981. The highest BCUT2D eigenvalue weighted by molar-refractivity contribution is 9.10. The van der Waals surface area contributed by atoms with Gasteiger partial charge in [-0.3, -0.25) is 4.90 Å². The summed E-state index contributed by atoms with van der Waals surface area (Å²) in [5.41, 5.74) is 1.24. The van der Waals surface area contributed by atoms with Crippen molar-refractivity contribution in [3.05, 3.63) is 33.3 Å². The second-order valence-electron chi connectivity index (χ2n) is 6.14. The second-order valence-corrected chi connectivity index (χ2v) is 7.46. The standard InChI is InChI=1S/C16H22BrClN2/c17-14-4-3-13(16(18)9-14)11-20-7-5-15(6-8-20)19-10-12-1-2-12/h3-4,9,12,15,19H,1-2,5-8,10-11H2. The third-order valence-corrected chi connectivity index (χ3v) is 5.23. The van der Waals surface area contributed by atoms with Crippen molar-refractivity contribution in [1.29, 1.82) is 0 Å². The average Bonchev–Trinajstić information content (AvgIpc) is 3.25. The van der Waals surface area contributed by atoms with Crippen molar-refractivity contribution in [2.24, 2.45) is 5.92 Å². The summed E-state index contributed by atoms with van der Waals surface area (Å²) in [6, 6.07) is 6.92. The molecule has 0 unspecified atom stereocenters. The maximum absolute atomic E-state index is 6.30. The van der Waals surface area contributed by atoms with Crippen LogP contribution >= 0.6 is 27.5 Å². The van der Waals surface area contributed by atoms with Crippen molar-refractivity contribution in [2.45, 2.75) is 38.3 Å². The number of likely N-dealkylation sites (tertiary alicyclic amines) is 1. The number of hydrogen-bond donors (Lipinski definition) is 1. The molecule has 1 aromatic rings. The minimum Gasteiger partial charge on any atom is -0.314 e. The Morgan fingerprint density at radius 3 is 2.60 bits per heavy atom. The first-order chi connectivity index (χ1) is 9.70. The smallest absolute Gasteiger partial charge is 0.0462 e. The first kappa shape index (κ1) is 14.8. The number of benzene rings is 1. The maximum atomic E-state index is 6.30. The summed E-state index contributed by atoms with van der Waals surface area (Å²) in [5, 5.41) is 4.60. The van der Waals surface area contributed by atoms with Crippen LogP contribution in [0.15, 0.2) is 22.7 Å². The molecule has 1 N–H and O–H groups in total. The van der Waals surface area contributed by atoms with Crippen LogP contribution in [0.1, 0.15) is 31.2 Å². The van der Waals surface area contributed by atoms with Crippen LogP contribution in [0.2, 0.25) is 5.02 Å². The van der Waals surface area contributed by atoms with E-state index in [1.807, 2.05) is 6.07 Å². The SMILES string of the molecule is Clc1cc(Br)ccc1CN1CCC(NCC2CC2)CC1. The van der Waals surface area contributed by atoms with E-state index in [0.29, 0.717) is 0 Å². The fourth-order valence-corrected chi connectivity index (χ4v) is 3.57. The van der Waals surface area contributed by atoms with E-state index in [2.05, 4.69) is 38.3 Å². The molecule has 1 aromatic carbocycles. The minimum atomic E-state index is 0.729. The van der Waals surface area contributed by atoms with Gasteiger partial charge in [-0.15, -0.1) is 0 Å². The number of nitrogens with zero attached hydrogens (tertiary/aromatic N) is 1. The lowest BCUT2D eigenvalue weighted by Crippen LogP contribution is -2.42. The Labute approximate surface area is 135 Å². The van der Waals surface area contributed by atoms with Gasteiger partial charge in [0.05, 0.1) is 0 Å². The summed E-state index contributed by atoms with van der Waals surface area (Å²) in [6.45, 7) is 4.56. The lowest BCUT2D eigenvalue weighted by atomic mass is 10.0. The number of piperidine rings is 1. The Kier molecular flexibility index (Phi) is 5.03. The molecule has 110 valence electrons. The normalized spacial score (nSPS) is 21.3. The van der Waals surface area contributed by atoms with Gasteiger partial charge in [0.15, 0.2) is 0 Å². The van der Waals surface area contributed by atoms with Crippen LogP contribution in [0.4, 0.5) is 0 Å². The lowest BCUT2D eigenvalue weighted by Gasteiger charge is -2.32. The second kappa shape index (κ2) is 6.78. The van der Waals surface area contributed by atoms with Crippen LogP contribution in [0.5, 0.6) is 0 Å². The molecule has 1 aliphatic carbocycles. The molecule has 0 radical (unpaired) electrons. The topological polar surface area (TPSA) is 15.3 Å². The largest absolute Gasteiger partial charge is 0.314 e. The van der Waals surface area contributed by atoms with Crippen LogP contribution in [0, 0.1) is 5.92 Å². The van der Waals surface area contributed by atoms with Crippen molar-refractivity contribution in [3.63, 3.8) is 0 Å². The minimum absolute atomic E-state index is 0.729. The molecule has 2 nitrogen and oxygen atoms in total. The van der Waals surface area contributed by atoms with E-state index >= 15 is 0 Å². The third kappa shape index (κ3) is 4.20. The molecule has 20 heavy (non-hydrogen) atoms. The molecule has 1 heterocycles. The Morgan fingerprint density at radius 1 is 1.20 bits per heavy atom. The first-order valence-corrected chi connectivity index (χ1v) is 8.77. The van der Waals surface area contributed by atoms with E-state index in [1.54, 1.807) is 0 Å². The fourth-order valence-electron chi connectivity index (χ4n) is 2.84. The molecule has 0 spiro atoms. The van der Waals surface area contributed by atoms with Gasteiger partial charge in [-0.2, -0.15) is 0 Å². The first-order valence-electron chi connectivity index (χ1n) is 7.60. The van der Waals surface area contributed by atoms with Gasteiger partial charge in [0.25, 0.3) is 0 Å². The summed E-state index contributed by atoms with van der Waals surface area (Å²) in [4.78, 5) is 2.52. The van der Waals surface area contributed by atoms with Gasteiger partial charge in [-0.05, 0) is 68.9 Å². The number of nitrogens with one attached hydrogen (secondary N) is 1. The molecule has 4 heteroatoms. The highest BCUT2D eigenvalue weighted by Gasteiger charge is 2.24. The van der Waals surface area contributed by atoms with E-state index in [4.69, 9.17) is 11.6 Å². The van der Waals surface area contributed by atoms with E-state index < -0.39 is 0 Å². The average molecular weight is 358 g/mol. The summed E-state index contributed by atoms with van der Waals surface area (Å²) in [6.07, 6.45) is 5.41. The van der Waals surface area contributed by atoms with Gasteiger partial charge in [0.1, 0.15) is 0 Å². The van der Waals surface area contributed by atoms with Crippen molar-refractivity contribution < 1.29 is 0 Å². The summed E-state index contributed by atoms with van der Waals surface area (Å²) in [7, 11) is 0. The van der Waals surface area contributed by atoms with Crippen molar-refractivity contribution in [2.75, 3.05) is 19.6 Å². The molecular weight excluding hydrogens is 336 g/mol. The van der Waals surface area contributed by atoms with E-state index in [1.165, 1.54) is 50.9 Å². The predicted molar refractivity (Wildman–Crippen MR) is 88.2 cm³/mol. The molecule has 1 saturated heterocycles. The highest BCUT2D eigenvalue weighted by Crippen LogP contribution is 2.28. The summed E-state index contributed by atoms with van der Waals surface area (Å²) >= 11 is 9.76. The Hall–Kier alpha value is -0.0900. The Morgan fingerprint density at radius 2 is 1.95 bits per heavy atom. The van der Waals surface area contributed by atoms with Gasteiger partial charge < -0.3 is 5.32 Å². The predicted octanol–water partition coefficient (Wildman–Crippen LogP) is 4.07. The van der Waals surface area contributed by atoms with Gasteiger partial charge in [0, 0.05) is 22.1 Å². The highest BCUT2D eigenvalue weighted by atomic mass is 79.9. The quantitative estimate of drug-likeness (QED) is 0.854. The Balaban J connectivity index is 1.45. The molecule has 0 aromatic heterocycles. The van der Waals surface area contributed by atoms with Crippen LogP contribution in [-0.4, -0.2) is 30.6 Å². The van der Waals surface area contributed by atoms with Gasteiger partial charge in [0.2, 0.25) is 0 Å². The number of halogens is 2. The fraction of sp³-hybridized carbons (Fsp3) is 0.625. The van der Waals surface area contributed by atoms with E-state index in [0.717, 1.165) is 28.0 Å². The molecule has 3 rings (SSSR count). The zero-order valence-electron chi connectivity index (χ0n) is 11.7. The molecule has 1 aliphatic heterocycles. The monoisotopic (exact) mass is 356 g/mol. The molecular formula is C16H22BrClN2. The molecule has 0 atom stereocenters. The van der Waals surface area contributed by atoms with Crippen LogP contribution in [0.3, 0.4) is 0 Å². The number of hydrogen-bond acceptors (Lipinski definition) is 2. The Bertz CT molecular complexity index is 454. The van der Waals surface area contributed by atoms with Crippen LogP contribution in [-0.2, 0) is 6.54 Å². The van der Waals surface area contributed by atoms with E-state index in [-0.39, 0.29) is 0 Å². The lowest BCUT2D eigenvalue weighted by molar-refractivity contribution is 0.190. The van der Waals surface area contributed by atoms with Gasteiger partial charge in [-0.25, -0.2) is 0 Å². The van der Waals surface area contributed by atoms with Crippen molar-refractivity contribution >= 4 is 27.5 Å². The van der Waals surface area contributed by atoms with Gasteiger partial charge >= 0.3 is 0 Å². The molecule has 0 bridgehead atoms.